The number of likely N-dealkylation sites (tertiary alicyclic amines) is 1. The van der Waals surface area contributed by atoms with Crippen LogP contribution in [0.4, 0.5) is 0 Å². The van der Waals surface area contributed by atoms with E-state index in [2.05, 4.69) is 35.0 Å². The van der Waals surface area contributed by atoms with Crippen LogP contribution in [0, 0.1) is 0 Å². The van der Waals surface area contributed by atoms with Crippen molar-refractivity contribution in [2.45, 2.75) is 31.8 Å². The molecular weight excluding hydrogens is 292 g/mol. The highest BCUT2D eigenvalue weighted by Crippen LogP contribution is 2.23. The fourth-order valence-corrected chi connectivity index (χ4v) is 4.20. The average molecular weight is 315 g/mol. The van der Waals surface area contributed by atoms with Crippen molar-refractivity contribution < 1.29 is 9.69 Å². The Bertz CT molecular complexity index is 597. The minimum Gasteiger partial charge on any atom is -0.345 e. The standard InChI is InChI=1S/C18H22N2OS/c1-14(15-7-3-2-4-8-15)19-18(21)13-20-11-5-9-16(20)17-10-6-12-22-17/h2-4,6-8,10,12,14,16H,5,9,11,13H2,1H3,(H,19,21)/p+1/t14-,16+/m0/s1. The summed E-state index contributed by atoms with van der Waals surface area (Å²) in [4.78, 5) is 15.2. The van der Waals surface area contributed by atoms with Gasteiger partial charge in [-0.2, -0.15) is 0 Å². The van der Waals surface area contributed by atoms with Gasteiger partial charge in [-0.1, -0.05) is 36.4 Å². The maximum atomic E-state index is 12.4. The van der Waals surface area contributed by atoms with E-state index in [1.165, 1.54) is 22.6 Å². The molecule has 0 spiro atoms. The van der Waals surface area contributed by atoms with Gasteiger partial charge in [-0.05, 0) is 23.9 Å². The average Bonchev–Trinajstić information content (AvgIpc) is 3.18. The molecule has 0 saturated carbocycles. The molecule has 2 heterocycles. The van der Waals surface area contributed by atoms with E-state index in [-0.39, 0.29) is 11.9 Å². The van der Waals surface area contributed by atoms with E-state index in [0.29, 0.717) is 12.6 Å². The molecule has 1 aromatic carbocycles. The predicted octanol–water partition coefficient (Wildman–Crippen LogP) is 2.35. The summed E-state index contributed by atoms with van der Waals surface area (Å²) < 4.78 is 0. The molecule has 116 valence electrons. The maximum absolute atomic E-state index is 12.4. The van der Waals surface area contributed by atoms with Crippen LogP contribution >= 0.6 is 11.3 Å². The van der Waals surface area contributed by atoms with Gasteiger partial charge >= 0.3 is 0 Å². The molecule has 1 amide bonds. The topological polar surface area (TPSA) is 33.5 Å². The summed E-state index contributed by atoms with van der Waals surface area (Å²) in [6.45, 7) is 3.71. The molecule has 1 aliphatic heterocycles. The van der Waals surface area contributed by atoms with Gasteiger partial charge in [0.05, 0.1) is 17.5 Å². The summed E-state index contributed by atoms with van der Waals surface area (Å²) in [6, 6.07) is 15.0. The summed E-state index contributed by atoms with van der Waals surface area (Å²) in [7, 11) is 0. The van der Waals surface area contributed by atoms with Crippen molar-refractivity contribution in [1.82, 2.24) is 5.32 Å². The Kier molecular flexibility index (Phi) is 4.90. The van der Waals surface area contributed by atoms with Gasteiger partial charge in [-0.15, -0.1) is 11.3 Å². The molecule has 1 unspecified atom stereocenters. The Balaban J connectivity index is 1.57. The highest BCUT2D eigenvalue weighted by atomic mass is 32.1. The van der Waals surface area contributed by atoms with Crippen LogP contribution in [0.5, 0.6) is 0 Å². The van der Waals surface area contributed by atoms with E-state index >= 15 is 0 Å². The van der Waals surface area contributed by atoms with Crippen LogP contribution in [0.1, 0.15) is 42.3 Å². The van der Waals surface area contributed by atoms with Crippen LogP contribution in [0.15, 0.2) is 47.8 Å². The number of amides is 1. The molecule has 1 aromatic heterocycles. The first kappa shape index (κ1) is 15.3. The number of nitrogens with one attached hydrogen (secondary N) is 2. The molecule has 2 N–H and O–H groups in total. The third kappa shape index (κ3) is 3.57. The van der Waals surface area contributed by atoms with Crippen molar-refractivity contribution in [1.29, 1.82) is 0 Å². The van der Waals surface area contributed by atoms with Crippen molar-refractivity contribution in [3.05, 3.63) is 58.3 Å². The van der Waals surface area contributed by atoms with Crippen LogP contribution in [0.2, 0.25) is 0 Å². The van der Waals surface area contributed by atoms with Gasteiger partial charge in [0.15, 0.2) is 6.54 Å². The molecule has 2 aromatic rings. The summed E-state index contributed by atoms with van der Waals surface area (Å²) >= 11 is 1.81. The second-order valence-corrected chi connectivity index (χ2v) is 6.97. The number of carbonyl (C=O) groups excluding carboxylic acids is 1. The Morgan fingerprint density at radius 2 is 2.14 bits per heavy atom. The van der Waals surface area contributed by atoms with Crippen molar-refractivity contribution in [2.24, 2.45) is 0 Å². The molecule has 1 aliphatic rings. The van der Waals surface area contributed by atoms with Crippen LogP contribution in [0.25, 0.3) is 0 Å². The lowest BCUT2D eigenvalue weighted by Gasteiger charge is -2.21. The summed E-state index contributed by atoms with van der Waals surface area (Å²) in [5, 5.41) is 5.26. The highest BCUT2D eigenvalue weighted by molar-refractivity contribution is 7.10. The minimum absolute atomic E-state index is 0.0656. The lowest BCUT2D eigenvalue weighted by atomic mass is 10.1. The van der Waals surface area contributed by atoms with E-state index in [1.54, 1.807) is 0 Å². The largest absolute Gasteiger partial charge is 0.345 e. The van der Waals surface area contributed by atoms with Crippen molar-refractivity contribution >= 4 is 17.2 Å². The molecule has 3 atom stereocenters. The Hall–Kier alpha value is -1.65. The van der Waals surface area contributed by atoms with E-state index in [9.17, 15) is 4.79 Å². The Labute approximate surface area is 136 Å². The van der Waals surface area contributed by atoms with Crippen LogP contribution in [-0.2, 0) is 4.79 Å². The van der Waals surface area contributed by atoms with Gasteiger partial charge in [0, 0.05) is 12.8 Å². The number of carbonyl (C=O) groups is 1. The number of quaternary nitrogens is 1. The van der Waals surface area contributed by atoms with Crippen LogP contribution in [0.3, 0.4) is 0 Å². The second kappa shape index (κ2) is 7.07. The summed E-state index contributed by atoms with van der Waals surface area (Å²) in [5.74, 6) is 0.148. The van der Waals surface area contributed by atoms with Crippen molar-refractivity contribution in [3.63, 3.8) is 0 Å². The predicted molar refractivity (Wildman–Crippen MR) is 90.0 cm³/mol. The van der Waals surface area contributed by atoms with E-state index < -0.39 is 0 Å². The van der Waals surface area contributed by atoms with Gasteiger partial charge in [-0.25, -0.2) is 0 Å². The molecule has 3 rings (SSSR count). The zero-order valence-electron chi connectivity index (χ0n) is 12.9. The number of hydrogen-bond acceptors (Lipinski definition) is 2. The zero-order chi connectivity index (χ0) is 15.4. The molecule has 3 nitrogen and oxygen atoms in total. The normalized spacial score (nSPS) is 22.4. The van der Waals surface area contributed by atoms with Crippen LogP contribution < -0.4 is 10.2 Å². The van der Waals surface area contributed by atoms with Gasteiger partial charge in [0.1, 0.15) is 6.04 Å². The van der Waals surface area contributed by atoms with Gasteiger partial charge in [0.25, 0.3) is 5.91 Å². The van der Waals surface area contributed by atoms with Gasteiger partial charge in [-0.3, -0.25) is 4.79 Å². The number of benzene rings is 1. The van der Waals surface area contributed by atoms with Gasteiger partial charge in [0.2, 0.25) is 0 Å². The number of hydrogen-bond donors (Lipinski definition) is 2. The monoisotopic (exact) mass is 315 g/mol. The first-order valence-electron chi connectivity index (χ1n) is 7.96. The van der Waals surface area contributed by atoms with Crippen molar-refractivity contribution in [3.8, 4) is 0 Å². The Morgan fingerprint density at radius 3 is 2.86 bits per heavy atom. The highest BCUT2D eigenvalue weighted by Gasteiger charge is 2.32. The van der Waals surface area contributed by atoms with Crippen molar-refractivity contribution in [2.75, 3.05) is 13.1 Å². The van der Waals surface area contributed by atoms with E-state index in [0.717, 1.165) is 12.1 Å². The lowest BCUT2D eigenvalue weighted by molar-refractivity contribution is -0.910. The first-order chi connectivity index (χ1) is 10.7. The lowest BCUT2D eigenvalue weighted by Crippen LogP contribution is -3.11. The second-order valence-electron chi connectivity index (χ2n) is 6.00. The first-order valence-corrected chi connectivity index (χ1v) is 8.84. The molecule has 0 radical (unpaired) electrons. The van der Waals surface area contributed by atoms with Gasteiger partial charge < -0.3 is 10.2 Å². The fraction of sp³-hybridized carbons (Fsp3) is 0.389. The zero-order valence-corrected chi connectivity index (χ0v) is 13.7. The molecule has 1 fully saturated rings. The quantitative estimate of drug-likeness (QED) is 0.872. The number of thiophene rings is 1. The maximum Gasteiger partial charge on any atom is 0.275 e. The third-order valence-corrected chi connectivity index (χ3v) is 5.42. The number of rotatable bonds is 5. The molecule has 0 bridgehead atoms. The van der Waals surface area contributed by atoms with Crippen LogP contribution in [-0.4, -0.2) is 19.0 Å². The van der Waals surface area contributed by atoms with E-state index in [4.69, 9.17) is 0 Å². The molecule has 1 saturated heterocycles. The molecule has 22 heavy (non-hydrogen) atoms. The smallest absolute Gasteiger partial charge is 0.275 e. The summed E-state index contributed by atoms with van der Waals surface area (Å²) in [5.41, 5.74) is 1.15. The minimum atomic E-state index is 0.0656. The van der Waals surface area contributed by atoms with E-state index in [1.807, 2.05) is 36.5 Å². The fourth-order valence-electron chi connectivity index (χ4n) is 3.28. The summed E-state index contributed by atoms with van der Waals surface area (Å²) in [6.07, 6.45) is 2.40. The molecule has 4 heteroatoms. The Morgan fingerprint density at radius 1 is 1.32 bits per heavy atom. The molecule has 0 aliphatic carbocycles. The molecular formula is C18H23N2OS+. The third-order valence-electron chi connectivity index (χ3n) is 4.43. The SMILES string of the molecule is C[C@H](NC(=O)C[NH+]1CCC[C@@H]1c1cccs1)c1ccccc1.